The largest absolute Gasteiger partial charge is 0.280 e. The van der Waals surface area contributed by atoms with Crippen LogP contribution < -0.4 is 10.6 Å². The van der Waals surface area contributed by atoms with Crippen LogP contribution >= 0.6 is 0 Å². The van der Waals surface area contributed by atoms with Crippen molar-refractivity contribution in [3.8, 4) is 0 Å². The minimum absolute atomic E-state index is 0.303. The minimum atomic E-state index is -0.986. The molecule has 1 heterocycles. The predicted octanol–water partition coefficient (Wildman–Crippen LogP) is 1.74. The Labute approximate surface area is 90.2 Å². The molecule has 2 atom stereocenters. The molecule has 0 amide bonds. The molecule has 0 aliphatic carbocycles. The Kier molecular flexibility index (Phi) is 5.21. The highest BCUT2D eigenvalue weighted by Gasteiger charge is 2.15. The Balaban J connectivity index is 2.30. The lowest BCUT2D eigenvalue weighted by Crippen LogP contribution is -2.47. The first kappa shape index (κ1) is 12.1. The highest BCUT2D eigenvalue weighted by atomic mass is 19.1. The van der Waals surface area contributed by atoms with Crippen molar-refractivity contribution in [2.24, 2.45) is 4.99 Å². The van der Waals surface area contributed by atoms with E-state index in [1.54, 1.807) is 6.21 Å². The van der Waals surface area contributed by atoms with Gasteiger partial charge in [0, 0.05) is 19.2 Å². The number of rotatable bonds is 4. The van der Waals surface area contributed by atoms with Crippen molar-refractivity contribution in [2.75, 3.05) is 6.54 Å². The molecule has 15 heavy (non-hydrogen) atoms. The van der Waals surface area contributed by atoms with Gasteiger partial charge < -0.3 is 0 Å². The van der Waals surface area contributed by atoms with Crippen molar-refractivity contribution in [2.45, 2.75) is 32.9 Å². The Morgan fingerprint density at radius 1 is 1.73 bits per heavy atom. The fourth-order valence-electron chi connectivity index (χ4n) is 1.23. The topological polar surface area (TPSA) is 36.4 Å². The molecule has 0 radical (unpaired) electrons. The molecule has 0 saturated carbocycles. The van der Waals surface area contributed by atoms with Gasteiger partial charge in [-0.3, -0.25) is 15.6 Å². The third-order valence-electron chi connectivity index (χ3n) is 2.05. The maximum absolute atomic E-state index is 12.9. The molecule has 1 aliphatic heterocycles. The quantitative estimate of drug-likeness (QED) is 0.549. The Bertz CT molecular complexity index is 271. The van der Waals surface area contributed by atoms with Gasteiger partial charge >= 0.3 is 0 Å². The zero-order chi connectivity index (χ0) is 11.1. The summed E-state index contributed by atoms with van der Waals surface area (Å²) < 4.78 is 12.9. The van der Waals surface area contributed by atoms with Gasteiger partial charge in [0.1, 0.15) is 0 Å². The summed E-state index contributed by atoms with van der Waals surface area (Å²) in [6.45, 7) is 4.69. The molecule has 0 aromatic carbocycles. The highest BCUT2D eigenvalue weighted by molar-refractivity contribution is 5.58. The van der Waals surface area contributed by atoms with E-state index in [0.717, 1.165) is 0 Å². The normalized spacial score (nSPS) is 27.5. The van der Waals surface area contributed by atoms with E-state index in [-0.39, 0.29) is 6.29 Å². The molecule has 4 heteroatoms. The molecule has 1 rings (SSSR count). The van der Waals surface area contributed by atoms with Crippen LogP contribution in [0.5, 0.6) is 0 Å². The van der Waals surface area contributed by atoms with Crippen molar-refractivity contribution >= 4 is 6.21 Å². The van der Waals surface area contributed by atoms with Crippen molar-refractivity contribution in [1.29, 1.82) is 0 Å². The van der Waals surface area contributed by atoms with E-state index in [2.05, 4.69) is 15.6 Å². The zero-order valence-corrected chi connectivity index (χ0v) is 9.20. The Morgan fingerprint density at radius 2 is 2.53 bits per heavy atom. The van der Waals surface area contributed by atoms with E-state index in [1.165, 1.54) is 5.57 Å². The fraction of sp³-hybridized carbons (Fsp3) is 0.545. The predicted molar refractivity (Wildman–Crippen MR) is 61.5 cm³/mol. The summed E-state index contributed by atoms with van der Waals surface area (Å²) in [4.78, 5) is 4.10. The van der Waals surface area contributed by atoms with Gasteiger partial charge in [-0.05, 0) is 13.8 Å². The van der Waals surface area contributed by atoms with Crippen LogP contribution in [0, 0.1) is 0 Å². The van der Waals surface area contributed by atoms with E-state index in [0.29, 0.717) is 13.0 Å². The third-order valence-corrected chi connectivity index (χ3v) is 2.05. The lowest BCUT2D eigenvalue weighted by atomic mass is 10.2. The Hall–Kier alpha value is -1.00. The number of alkyl halides is 1. The Morgan fingerprint density at radius 3 is 3.20 bits per heavy atom. The molecule has 0 fully saturated rings. The number of hydrogen-bond donors (Lipinski definition) is 2. The summed E-state index contributed by atoms with van der Waals surface area (Å²) in [5.41, 5.74) is 1.19. The van der Waals surface area contributed by atoms with Crippen LogP contribution in [0.3, 0.4) is 0 Å². The van der Waals surface area contributed by atoms with Crippen LogP contribution in [0.25, 0.3) is 0 Å². The summed E-state index contributed by atoms with van der Waals surface area (Å²) in [6, 6.07) is 0. The van der Waals surface area contributed by atoms with Crippen molar-refractivity contribution in [3.05, 3.63) is 23.8 Å². The average Bonchev–Trinajstić information content (AvgIpc) is 2.23. The number of halogens is 1. The summed E-state index contributed by atoms with van der Waals surface area (Å²) >= 11 is 0. The van der Waals surface area contributed by atoms with Crippen molar-refractivity contribution in [1.82, 2.24) is 10.6 Å². The molecule has 2 unspecified atom stereocenters. The zero-order valence-electron chi connectivity index (χ0n) is 9.20. The van der Waals surface area contributed by atoms with E-state index in [9.17, 15) is 4.39 Å². The van der Waals surface area contributed by atoms with Gasteiger partial charge in [0.05, 0.1) is 0 Å². The molecule has 1 aliphatic rings. The van der Waals surface area contributed by atoms with E-state index in [1.807, 2.05) is 32.1 Å². The maximum atomic E-state index is 12.9. The second-order valence-corrected chi connectivity index (χ2v) is 3.52. The van der Waals surface area contributed by atoms with Crippen molar-refractivity contribution in [3.63, 3.8) is 0 Å². The van der Waals surface area contributed by atoms with Gasteiger partial charge in [-0.1, -0.05) is 23.8 Å². The van der Waals surface area contributed by atoms with Crippen LogP contribution in [0.1, 0.15) is 20.3 Å². The third kappa shape index (κ3) is 4.85. The summed E-state index contributed by atoms with van der Waals surface area (Å²) in [5.74, 6) is 0. The van der Waals surface area contributed by atoms with Gasteiger partial charge in [0.15, 0.2) is 12.6 Å². The summed E-state index contributed by atoms with van der Waals surface area (Å²) in [7, 11) is 0. The minimum Gasteiger partial charge on any atom is -0.280 e. The molecule has 3 nitrogen and oxygen atoms in total. The van der Waals surface area contributed by atoms with Gasteiger partial charge in [0.25, 0.3) is 0 Å². The number of nitrogens with zero attached hydrogens (tertiary/aromatic N) is 1. The lowest BCUT2D eigenvalue weighted by molar-refractivity contribution is 0.231. The second kappa shape index (κ2) is 6.48. The standard InChI is InChI=1S/C11H18FN3/c1-3-4-5-9(2)8-14-11-13-7-6-10(12)15-11/h3-5,7,10-11,14-15H,6,8H2,1-2H3/b4-3-,9-5+. The summed E-state index contributed by atoms with van der Waals surface area (Å²) in [5, 5.41) is 5.82. The van der Waals surface area contributed by atoms with E-state index in [4.69, 9.17) is 0 Å². The molecule has 0 bridgehead atoms. The smallest absolute Gasteiger partial charge is 0.158 e. The maximum Gasteiger partial charge on any atom is 0.158 e. The average molecular weight is 211 g/mol. The molecular formula is C11H18FN3. The number of allylic oxidation sites excluding steroid dienone is 3. The van der Waals surface area contributed by atoms with Gasteiger partial charge in [0.2, 0.25) is 0 Å². The van der Waals surface area contributed by atoms with Crippen LogP contribution in [-0.4, -0.2) is 25.3 Å². The fourth-order valence-corrected chi connectivity index (χ4v) is 1.23. The number of hydrogen-bond acceptors (Lipinski definition) is 3. The van der Waals surface area contributed by atoms with Crippen LogP contribution in [-0.2, 0) is 0 Å². The molecule has 0 aromatic rings. The van der Waals surface area contributed by atoms with Crippen molar-refractivity contribution < 1.29 is 4.39 Å². The molecule has 0 aromatic heterocycles. The van der Waals surface area contributed by atoms with Gasteiger partial charge in [-0.15, -0.1) is 0 Å². The molecule has 2 N–H and O–H groups in total. The molecular weight excluding hydrogens is 193 g/mol. The van der Waals surface area contributed by atoms with Crippen LogP contribution in [0.15, 0.2) is 28.8 Å². The number of aliphatic imine (C=N–C) groups is 1. The molecule has 84 valence electrons. The monoisotopic (exact) mass is 211 g/mol. The second-order valence-electron chi connectivity index (χ2n) is 3.52. The highest BCUT2D eigenvalue weighted by Crippen LogP contribution is 2.00. The van der Waals surface area contributed by atoms with Crippen LogP contribution in [0.4, 0.5) is 4.39 Å². The molecule has 0 saturated heterocycles. The van der Waals surface area contributed by atoms with Gasteiger partial charge in [-0.2, -0.15) is 0 Å². The SMILES string of the molecule is C/C=C\C=C(/C)CNC1N=CCC(F)N1. The van der Waals surface area contributed by atoms with Crippen LogP contribution in [0.2, 0.25) is 0 Å². The first-order valence-corrected chi connectivity index (χ1v) is 5.16. The molecule has 0 spiro atoms. The first-order chi connectivity index (χ1) is 7.22. The number of nitrogens with one attached hydrogen (secondary N) is 2. The van der Waals surface area contributed by atoms with Gasteiger partial charge in [-0.25, -0.2) is 4.39 Å². The lowest BCUT2D eigenvalue weighted by Gasteiger charge is -2.22. The summed E-state index contributed by atoms with van der Waals surface area (Å²) in [6.07, 6.45) is 6.65. The van der Waals surface area contributed by atoms with E-state index < -0.39 is 6.30 Å². The first-order valence-electron chi connectivity index (χ1n) is 5.16. The van der Waals surface area contributed by atoms with E-state index >= 15 is 0 Å².